The Morgan fingerprint density at radius 2 is 1.95 bits per heavy atom. The summed E-state index contributed by atoms with van der Waals surface area (Å²) >= 11 is 0. The Morgan fingerprint density at radius 1 is 1.26 bits per heavy atom. The van der Waals surface area contributed by atoms with Crippen LogP contribution < -0.4 is 10.0 Å². The van der Waals surface area contributed by atoms with E-state index in [1.54, 1.807) is 0 Å². The van der Waals surface area contributed by atoms with Crippen LogP contribution in [0.3, 0.4) is 0 Å². The highest BCUT2D eigenvalue weighted by Gasteiger charge is 2.19. The molecule has 0 aliphatic carbocycles. The summed E-state index contributed by atoms with van der Waals surface area (Å²) < 4.78 is 52.2. The lowest BCUT2D eigenvalue weighted by Gasteiger charge is -2.22. The Hall–Kier alpha value is -1.05. The number of piperidine rings is 1. The largest absolute Gasteiger partial charge is 0.316 e. The second-order valence-electron chi connectivity index (χ2n) is 4.67. The monoisotopic (exact) mass is 290 g/mol. The molecule has 106 valence electrons. The smallest absolute Gasteiger partial charge is 0.240 e. The van der Waals surface area contributed by atoms with Crippen LogP contribution in [-0.2, 0) is 10.0 Å². The Bertz CT molecular complexity index is 522. The first-order valence-corrected chi connectivity index (χ1v) is 7.62. The maximum Gasteiger partial charge on any atom is 0.240 e. The van der Waals surface area contributed by atoms with Crippen LogP contribution in [0, 0.1) is 17.6 Å². The summed E-state index contributed by atoms with van der Waals surface area (Å²) in [7, 11) is -3.86. The van der Waals surface area contributed by atoms with Gasteiger partial charge in [-0.25, -0.2) is 21.9 Å². The fourth-order valence-corrected chi connectivity index (χ4v) is 3.25. The molecule has 4 nitrogen and oxygen atoms in total. The molecule has 1 aliphatic rings. The average Bonchev–Trinajstić information content (AvgIpc) is 2.37. The SMILES string of the molecule is O=S(=O)(NCC1CCCNC1)c1cc(F)cc(F)c1. The second-order valence-corrected chi connectivity index (χ2v) is 6.44. The Labute approximate surface area is 111 Å². The van der Waals surface area contributed by atoms with Gasteiger partial charge in [0.15, 0.2) is 0 Å². The van der Waals surface area contributed by atoms with Gasteiger partial charge in [-0.3, -0.25) is 0 Å². The molecule has 0 radical (unpaired) electrons. The predicted octanol–water partition coefficient (Wildman–Crippen LogP) is 1.24. The normalized spacial score (nSPS) is 20.4. The first kappa shape index (κ1) is 14.4. The van der Waals surface area contributed by atoms with Crippen molar-refractivity contribution >= 4 is 10.0 Å². The molecule has 1 aliphatic heterocycles. The summed E-state index contributed by atoms with van der Waals surface area (Å²) in [6.07, 6.45) is 1.94. The van der Waals surface area contributed by atoms with Crippen LogP contribution in [0.15, 0.2) is 23.1 Å². The minimum absolute atomic E-state index is 0.210. The highest BCUT2D eigenvalue weighted by molar-refractivity contribution is 7.89. The van der Waals surface area contributed by atoms with Gasteiger partial charge in [0.05, 0.1) is 4.90 Å². The lowest BCUT2D eigenvalue weighted by Crippen LogP contribution is -2.38. The molecule has 0 bridgehead atoms. The van der Waals surface area contributed by atoms with Crippen molar-refractivity contribution in [3.05, 3.63) is 29.8 Å². The fraction of sp³-hybridized carbons (Fsp3) is 0.500. The van der Waals surface area contributed by atoms with Gasteiger partial charge in [0, 0.05) is 12.6 Å². The van der Waals surface area contributed by atoms with Gasteiger partial charge in [0.1, 0.15) is 11.6 Å². The van der Waals surface area contributed by atoms with E-state index in [2.05, 4.69) is 10.0 Å². The van der Waals surface area contributed by atoms with Crippen LogP contribution in [0.2, 0.25) is 0 Å². The van der Waals surface area contributed by atoms with Crippen LogP contribution in [0.5, 0.6) is 0 Å². The van der Waals surface area contributed by atoms with Crippen LogP contribution in [0.25, 0.3) is 0 Å². The molecule has 1 unspecified atom stereocenters. The van der Waals surface area contributed by atoms with Gasteiger partial charge in [-0.05, 0) is 44.0 Å². The van der Waals surface area contributed by atoms with Crippen molar-refractivity contribution in [2.24, 2.45) is 5.92 Å². The van der Waals surface area contributed by atoms with Crippen molar-refractivity contribution in [3.63, 3.8) is 0 Å². The van der Waals surface area contributed by atoms with Gasteiger partial charge in [-0.1, -0.05) is 0 Å². The first-order valence-electron chi connectivity index (χ1n) is 6.14. The molecule has 0 aromatic heterocycles. The van der Waals surface area contributed by atoms with E-state index >= 15 is 0 Å². The third-order valence-corrected chi connectivity index (χ3v) is 4.51. The summed E-state index contributed by atoms with van der Waals surface area (Å²) in [5, 5.41) is 3.17. The minimum Gasteiger partial charge on any atom is -0.316 e. The van der Waals surface area contributed by atoms with Crippen LogP contribution in [-0.4, -0.2) is 28.1 Å². The van der Waals surface area contributed by atoms with Crippen molar-refractivity contribution in [1.82, 2.24) is 10.0 Å². The standard InChI is InChI=1S/C12H16F2N2O2S/c13-10-4-11(14)6-12(5-10)19(17,18)16-8-9-2-1-3-15-7-9/h4-6,9,15-16H,1-3,7-8H2. The van der Waals surface area contributed by atoms with Gasteiger partial charge in [-0.15, -0.1) is 0 Å². The maximum absolute atomic E-state index is 13.0. The number of hydrogen-bond donors (Lipinski definition) is 2. The number of sulfonamides is 1. The Morgan fingerprint density at radius 3 is 2.53 bits per heavy atom. The molecule has 0 amide bonds. The van der Waals surface area contributed by atoms with E-state index in [0.717, 1.165) is 38.1 Å². The highest BCUT2D eigenvalue weighted by Crippen LogP contribution is 2.15. The zero-order valence-electron chi connectivity index (χ0n) is 10.3. The van der Waals surface area contributed by atoms with E-state index in [1.165, 1.54) is 0 Å². The quantitative estimate of drug-likeness (QED) is 0.877. The molecular formula is C12H16F2N2O2S. The molecule has 1 aromatic carbocycles. The summed E-state index contributed by atoms with van der Waals surface area (Å²) in [5.41, 5.74) is 0. The number of halogens is 2. The molecule has 0 saturated carbocycles. The van der Waals surface area contributed by atoms with Crippen LogP contribution >= 0.6 is 0 Å². The molecule has 1 saturated heterocycles. The summed E-state index contributed by atoms with van der Waals surface area (Å²) in [6, 6.07) is 2.26. The lowest BCUT2D eigenvalue weighted by atomic mass is 10.0. The van der Waals surface area contributed by atoms with Crippen molar-refractivity contribution in [2.45, 2.75) is 17.7 Å². The first-order chi connectivity index (χ1) is 8.97. The second kappa shape index (κ2) is 5.94. The maximum atomic E-state index is 13.0. The zero-order valence-corrected chi connectivity index (χ0v) is 11.1. The molecule has 2 rings (SSSR count). The number of benzene rings is 1. The highest BCUT2D eigenvalue weighted by atomic mass is 32.2. The van der Waals surface area contributed by atoms with Crippen molar-refractivity contribution < 1.29 is 17.2 Å². The predicted molar refractivity (Wildman–Crippen MR) is 67.1 cm³/mol. The van der Waals surface area contributed by atoms with E-state index in [9.17, 15) is 17.2 Å². The van der Waals surface area contributed by atoms with E-state index in [0.29, 0.717) is 6.07 Å². The van der Waals surface area contributed by atoms with Gasteiger partial charge in [0.25, 0.3) is 0 Å². The van der Waals surface area contributed by atoms with Crippen LogP contribution in [0.4, 0.5) is 8.78 Å². The van der Waals surface area contributed by atoms with E-state index in [4.69, 9.17) is 0 Å². The molecular weight excluding hydrogens is 274 g/mol. The van der Waals surface area contributed by atoms with Crippen molar-refractivity contribution in [3.8, 4) is 0 Å². The Balaban J connectivity index is 2.04. The third-order valence-electron chi connectivity index (χ3n) is 3.11. The summed E-state index contributed by atoms with van der Waals surface area (Å²) in [6.45, 7) is 1.96. The molecule has 7 heteroatoms. The third kappa shape index (κ3) is 3.95. The minimum atomic E-state index is -3.86. The number of hydrogen-bond acceptors (Lipinski definition) is 3. The van der Waals surface area contributed by atoms with E-state index < -0.39 is 21.7 Å². The van der Waals surface area contributed by atoms with E-state index in [-0.39, 0.29) is 17.4 Å². The molecule has 2 N–H and O–H groups in total. The fourth-order valence-electron chi connectivity index (χ4n) is 2.09. The van der Waals surface area contributed by atoms with Gasteiger partial charge in [-0.2, -0.15) is 0 Å². The topological polar surface area (TPSA) is 58.2 Å². The van der Waals surface area contributed by atoms with Crippen LogP contribution in [0.1, 0.15) is 12.8 Å². The van der Waals surface area contributed by atoms with Gasteiger partial charge in [0.2, 0.25) is 10.0 Å². The molecule has 1 heterocycles. The van der Waals surface area contributed by atoms with Crippen molar-refractivity contribution in [1.29, 1.82) is 0 Å². The molecule has 1 fully saturated rings. The van der Waals surface area contributed by atoms with Crippen molar-refractivity contribution in [2.75, 3.05) is 19.6 Å². The number of nitrogens with one attached hydrogen (secondary N) is 2. The van der Waals surface area contributed by atoms with Gasteiger partial charge >= 0.3 is 0 Å². The molecule has 0 spiro atoms. The molecule has 19 heavy (non-hydrogen) atoms. The zero-order chi connectivity index (χ0) is 13.9. The molecule has 1 atom stereocenters. The van der Waals surface area contributed by atoms with Gasteiger partial charge < -0.3 is 5.32 Å². The summed E-state index contributed by atoms with van der Waals surface area (Å²) in [5.74, 6) is -1.60. The average molecular weight is 290 g/mol. The summed E-state index contributed by atoms with van der Waals surface area (Å²) in [4.78, 5) is -0.381. The van der Waals surface area contributed by atoms with E-state index in [1.807, 2.05) is 0 Å². The lowest BCUT2D eigenvalue weighted by molar-refractivity contribution is 0.376. The number of rotatable bonds is 4. The molecule has 1 aromatic rings. The Kier molecular flexibility index (Phi) is 4.49.